The van der Waals surface area contributed by atoms with Crippen LogP contribution in [0.5, 0.6) is 0 Å². The number of piperazine rings is 1. The number of benzene rings is 1. The van der Waals surface area contributed by atoms with Gasteiger partial charge in [0.2, 0.25) is 10.0 Å². The molecular formula is C17H25N3O4S2. The van der Waals surface area contributed by atoms with Gasteiger partial charge in [0.05, 0.1) is 23.7 Å². The number of carbonyl (C=O) groups is 1. The molecule has 0 saturated carbocycles. The van der Waals surface area contributed by atoms with E-state index in [9.17, 15) is 13.2 Å². The molecule has 2 saturated heterocycles. The van der Waals surface area contributed by atoms with Gasteiger partial charge in [0.1, 0.15) is 0 Å². The number of hydrogen-bond donors (Lipinski definition) is 0. The number of sulfonamides is 1. The van der Waals surface area contributed by atoms with Crippen molar-refractivity contribution in [2.24, 2.45) is 0 Å². The predicted molar refractivity (Wildman–Crippen MR) is 101 cm³/mol. The van der Waals surface area contributed by atoms with E-state index in [1.165, 1.54) is 22.1 Å². The molecule has 3 rings (SSSR count). The first kappa shape index (κ1) is 19.6. The number of amides is 1. The molecule has 2 heterocycles. The molecule has 144 valence electrons. The van der Waals surface area contributed by atoms with E-state index in [0.717, 1.165) is 4.90 Å². The van der Waals surface area contributed by atoms with Gasteiger partial charge < -0.3 is 14.5 Å². The fraction of sp³-hybridized carbons (Fsp3) is 0.588. The van der Waals surface area contributed by atoms with E-state index < -0.39 is 10.0 Å². The monoisotopic (exact) mass is 399 g/mol. The third kappa shape index (κ3) is 4.07. The lowest BCUT2D eigenvalue weighted by Crippen LogP contribution is -2.47. The zero-order valence-corrected chi connectivity index (χ0v) is 16.8. The molecule has 1 aromatic carbocycles. The highest BCUT2D eigenvalue weighted by Gasteiger charge is 2.29. The van der Waals surface area contributed by atoms with E-state index in [2.05, 4.69) is 4.90 Å². The molecule has 0 spiro atoms. The summed E-state index contributed by atoms with van der Waals surface area (Å²) in [5.41, 5.74) is 0.453. The number of hydrogen-bond acceptors (Lipinski definition) is 6. The van der Waals surface area contributed by atoms with Gasteiger partial charge in [-0.2, -0.15) is 4.31 Å². The van der Waals surface area contributed by atoms with E-state index in [0.29, 0.717) is 58.0 Å². The maximum Gasteiger partial charge on any atom is 0.255 e. The van der Waals surface area contributed by atoms with Crippen molar-refractivity contribution in [3.8, 4) is 0 Å². The Labute approximate surface area is 159 Å². The van der Waals surface area contributed by atoms with Gasteiger partial charge in [0.25, 0.3) is 5.91 Å². The van der Waals surface area contributed by atoms with Gasteiger partial charge in [-0.05, 0) is 31.5 Å². The highest BCUT2D eigenvalue weighted by molar-refractivity contribution is 7.98. The van der Waals surface area contributed by atoms with E-state index >= 15 is 0 Å². The Morgan fingerprint density at radius 3 is 2.35 bits per heavy atom. The van der Waals surface area contributed by atoms with Crippen LogP contribution in [0.1, 0.15) is 10.4 Å². The van der Waals surface area contributed by atoms with Crippen LogP contribution >= 0.6 is 11.8 Å². The number of rotatable bonds is 4. The minimum atomic E-state index is -3.60. The number of likely N-dealkylation sites (N-methyl/N-ethyl adjacent to an activating group) is 1. The summed E-state index contributed by atoms with van der Waals surface area (Å²) in [6.45, 7) is 4.44. The third-order valence-corrected chi connectivity index (χ3v) is 7.49. The summed E-state index contributed by atoms with van der Waals surface area (Å²) in [5.74, 6) is -0.131. The summed E-state index contributed by atoms with van der Waals surface area (Å²) < 4.78 is 32.8. The minimum Gasteiger partial charge on any atom is -0.378 e. The van der Waals surface area contributed by atoms with Crippen LogP contribution in [0.2, 0.25) is 0 Å². The SMILES string of the molecule is CSc1ccc(S(=O)(=O)N2CCN(C)CC2)cc1C(=O)N1CCOCC1. The number of morpholine rings is 1. The number of ether oxygens (including phenoxy) is 1. The largest absolute Gasteiger partial charge is 0.378 e. The second kappa shape index (κ2) is 8.26. The molecule has 1 aromatic rings. The molecular weight excluding hydrogens is 374 g/mol. The summed E-state index contributed by atoms with van der Waals surface area (Å²) in [5, 5.41) is 0. The first-order valence-corrected chi connectivity index (χ1v) is 11.3. The second-order valence-corrected chi connectivity index (χ2v) is 9.26. The lowest BCUT2D eigenvalue weighted by molar-refractivity contribution is 0.0300. The van der Waals surface area contributed by atoms with Gasteiger partial charge in [0.15, 0.2) is 0 Å². The molecule has 0 aliphatic carbocycles. The molecule has 0 atom stereocenters. The lowest BCUT2D eigenvalue weighted by Gasteiger charge is -2.32. The van der Waals surface area contributed by atoms with Crippen molar-refractivity contribution < 1.29 is 17.9 Å². The van der Waals surface area contributed by atoms with Crippen LogP contribution in [0.3, 0.4) is 0 Å². The fourth-order valence-electron chi connectivity index (χ4n) is 3.13. The Morgan fingerprint density at radius 1 is 1.08 bits per heavy atom. The van der Waals surface area contributed by atoms with Gasteiger partial charge >= 0.3 is 0 Å². The normalized spacial score (nSPS) is 20.3. The van der Waals surface area contributed by atoms with Crippen LogP contribution in [0.25, 0.3) is 0 Å². The molecule has 0 unspecified atom stereocenters. The van der Waals surface area contributed by atoms with Crippen LogP contribution in [0.4, 0.5) is 0 Å². The first-order valence-electron chi connectivity index (χ1n) is 8.67. The van der Waals surface area contributed by atoms with Gasteiger partial charge in [-0.3, -0.25) is 4.79 Å². The van der Waals surface area contributed by atoms with Crippen LogP contribution in [0.15, 0.2) is 28.0 Å². The fourth-order valence-corrected chi connectivity index (χ4v) is 5.15. The molecule has 9 heteroatoms. The molecule has 26 heavy (non-hydrogen) atoms. The molecule has 0 bridgehead atoms. The highest BCUT2D eigenvalue weighted by Crippen LogP contribution is 2.27. The second-order valence-electron chi connectivity index (χ2n) is 6.47. The topological polar surface area (TPSA) is 70.2 Å². The maximum atomic E-state index is 13.0. The van der Waals surface area contributed by atoms with Crippen LogP contribution in [-0.4, -0.2) is 94.2 Å². The summed E-state index contributed by atoms with van der Waals surface area (Å²) in [7, 11) is -1.61. The summed E-state index contributed by atoms with van der Waals surface area (Å²) in [4.78, 5) is 17.7. The van der Waals surface area contributed by atoms with Crippen molar-refractivity contribution >= 4 is 27.7 Å². The smallest absolute Gasteiger partial charge is 0.255 e. The van der Waals surface area contributed by atoms with E-state index in [1.54, 1.807) is 17.0 Å². The lowest BCUT2D eigenvalue weighted by atomic mass is 10.2. The zero-order valence-electron chi connectivity index (χ0n) is 15.2. The van der Waals surface area contributed by atoms with Crippen LogP contribution < -0.4 is 0 Å². The van der Waals surface area contributed by atoms with Crippen molar-refractivity contribution in [1.82, 2.24) is 14.1 Å². The number of carbonyl (C=O) groups excluding carboxylic acids is 1. The van der Waals surface area contributed by atoms with E-state index in [-0.39, 0.29) is 10.8 Å². The molecule has 2 aliphatic rings. The van der Waals surface area contributed by atoms with Gasteiger partial charge in [-0.1, -0.05) is 0 Å². The van der Waals surface area contributed by atoms with Crippen molar-refractivity contribution in [3.05, 3.63) is 23.8 Å². The Balaban J connectivity index is 1.90. The molecule has 0 radical (unpaired) electrons. The molecule has 0 N–H and O–H groups in total. The average molecular weight is 400 g/mol. The third-order valence-electron chi connectivity index (χ3n) is 4.80. The van der Waals surface area contributed by atoms with Crippen molar-refractivity contribution in [1.29, 1.82) is 0 Å². The van der Waals surface area contributed by atoms with E-state index in [1.807, 2.05) is 13.3 Å². The Hall–Kier alpha value is -1.13. The summed E-state index contributed by atoms with van der Waals surface area (Å²) in [6.07, 6.45) is 1.89. The quantitative estimate of drug-likeness (QED) is 0.698. The standard InChI is InChI=1S/C17H25N3O4S2/c1-18-5-7-20(8-6-18)26(22,23)14-3-4-16(25-2)15(13-14)17(21)19-9-11-24-12-10-19/h3-4,13H,5-12H2,1-2H3. The molecule has 2 aliphatic heterocycles. The Bertz CT molecular complexity index is 755. The van der Waals surface area contributed by atoms with Crippen molar-refractivity contribution in [2.45, 2.75) is 9.79 Å². The Kier molecular flexibility index (Phi) is 6.24. The van der Waals surface area contributed by atoms with Gasteiger partial charge in [-0.25, -0.2) is 8.42 Å². The van der Waals surface area contributed by atoms with Crippen LogP contribution in [0, 0.1) is 0 Å². The Morgan fingerprint density at radius 2 is 1.73 bits per heavy atom. The van der Waals surface area contributed by atoms with Crippen molar-refractivity contribution in [3.63, 3.8) is 0 Å². The molecule has 1 amide bonds. The molecule has 0 aromatic heterocycles. The van der Waals surface area contributed by atoms with Crippen LogP contribution in [-0.2, 0) is 14.8 Å². The first-order chi connectivity index (χ1) is 12.4. The van der Waals surface area contributed by atoms with Gasteiger partial charge in [-0.15, -0.1) is 11.8 Å². The summed E-state index contributed by atoms with van der Waals surface area (Å²) in [6, 6.07) is 4.88. The average Bonchev–Trinajstić information content (AvgIpc) is 2.68. The molecule has 2 fully saturated rings. The number of thioether (sulfide) groups is 1. The van der Waals surface area contributed by atoms with Gasteiger partial charge in [0, 0.05) is 44.2 Å². The number of nitrogens with zero attached hydrogens (tertiary/aromatic N) is 3. The highest BCUT2D eigenvalue weighted by atomic mass is 32.2. The summed E-state index contributed by atoms with van der Waals surface area (Å²) >= 11 is 1.45. The predicted octanol–water partition coefficient (Wildman–Crippen LogP) is 0.817. The van der Waals surface area contributed by atoms with E-state index in [4.69, 9.17) is 4.74 Å². The van der Waals surface area contributed by atoms with Crippen molar-refractivity contribution in [2.75, 3.05) is 65.8 Å². The molecule has 7 nitrogen and oxygen atoms in total. The zero-order chi connectivity index (χ0) is 18.7. The maximum absolute atomic E-state index is 13.0. The minimum absolute atomic E-state index is 0.131.